The predicted octanol–water partition coefficient (Wildman–Crippen LogP) is 3.25. The van der Waals surface area contributed by atoms with Gasteiger partial charge in [0.2, 0.25) is 0 Å². The molecule has 2 rings (SSSR count). The Kier molecular flexibility index (Phi) is 3.70. The van der Waals surface area contributed by atoms with Gasteiger partial charge in [-0.05, 0) is 35.0 Å². The highest BCUT2D eigenvalue weighted by Crippen LogP contribution is 2.19. The Balaban J connectivity index is 1.95. The Bertz CT molecular complexity index is 525. The molecule has 0 unspecified atom stereocenters. The molecular formula is C10H9BrN4OS. The molecule has 2 heterocycles. The molecule has 0 atom stereocenters. The van der Waals surface area contributed by atoms with E-state index < -0.39 is 0 Å². The molecule has 0 aliphatic rings. The lowest BCUT2D eigenvalue weighted by atomic mass is 10.3. The second-order valence-corrected chi connectivity index (χ2v) is 5.39. The maximum atomic E-state index is 11.6. The van der Waals surface area contributed by atoms with Crippen LogP contribution >= 0.6 is 27.3 Å². The largest absolute Gasteiger partial charge is 0.324 e. The lowest BCUT2D eigenvalue weighted by Gasteiger charge is -2.04. The summed E-state index contributed by atoms with van der Waals surface area (Å²) < 4.78 is 0.727. The summed E-state index contributed by atoms with van der Waals surface area (Å²) in [6.45, 7) is 1.89. The molecule has 0 aliphatic carbocycles. The van der Waals surface area contributed by atoms with Crippen molar-refractivity contribution in [3.63, 3.8) is 0 Å². The van der Waals surface area contributed by atoms with Gasteiger partial charge in [-0.25, -0.2) is 9.78 Å². The van der Waals surface area contributed by atoms with Crippen LogP contribution in [0, 0.1) is 6.92 Å². The number of aromatic nitrogens is 2. The third-order valence-corrected chi connectivity index (χ3v) is 3.25. The topological polar surface area (TPSA) is 66.9 Å². The van der Waals surface area contributed by atoms with Crippen LogP contribution < -0.4 is 10.6 Å². The smallest absolute Gasteiger partial charge is 0.306 e. The lowest BCUT2D eigenvalue weighted by Crippen LogP contribution is -2.19. The molecule has 0 aliphatic heterocycles. The molecule has 5 nitrogen and oxygen atoms in total. The summed E-state index contributed by atoms with van der Waals surface area (Å²) in [6.07, 6.45) is 1.60. The molecule has 2 aromatic rings. The highest BCUT2D eigenvalue weighted by atomic mass is 79.9. The van der Waals surface area contributed by atoms with Crippen LogP contribution in [0.2, 0.25) is 0 Å². The number of nitrogens with one attached hydrogen (secondary N) is 2. The molecule has 88 valence electrons. The molecule has 0 bridgehead atoms. The number of hydrogen-bond donors (Lipinski definition) is 2. The van der Waals surface area contributed by atoms with E-state index in [2.05, 4.69) is 36.5 Å². The molecule has 2 amide bonds. The fourth-order valence-corrected chi connectivity index (χ4v) is 2.07. The van der Waals surface area contributed by atoms with Crippen LogP contribution in [0.25, 0.3) is 0 Å². The third kappa shape index (κ3) is 3.50. The molecule has 2 N–H and O–H groups in total. The van der Waals surface area contributed by atoms with Gasteiger partial charge in [-0.3, -0.25) is 10.3 Å². The van der Waals surface area contributed by atoms with E-state index in [1.165, 1.54) is 11.3 Å². The van der Waals surface area contributed by atoms with Crippen molar-refractivity contribution in [3.05, 3.63) is 33.3 Å². The van der Waals surface area contributed by atoms with Gasteiger partial charge in [-0.2, -0.15) is 0 Å². The highest BCUT2D eigenvalue weighted by molar-refractivity contribution is 9.11. The zero-order valence-corrected chi connectivity index (χ0v) is 11.3. The number of aryl methyl sites for hydroxylation is 1. The second kappa shape index (κ2) is 5.24. The summed E-state index contributed by atoms with van der Waals surface area (Å²) in [7, 11) is 0. The van der Waals surface area contributed by atoms with Crippen molar-refractivity contribution in [2.24, 2.45) is 0 Å². The Hall–Kier alpha value is -1.47. The Morgan fingerprint density at radius 1 is 1.41 bits per heavy atom. The lowest BCUT2D eigenvalue weighted by molar-refractivity contribution is 0.262. The third-order valence-electron chi connectivity index (χ3n) is 1.89. The predicted molar refractivity (Wildman–Crippen MR) is 71.4 cm³/mol. The van der Waals surface area contributed by atoms with Gasteiger partial charge in [-0.1, -0.05) is 0 Å². The minimum absolute atomic E-state index is 0.339. The van der Waals surface area contributed by atoms with Gasteiger partial charge in [0.05, 0.1) is 11.9 Å². The Morgan fingerprint density at radius 2 is 2.24 bits per heavy atom. The minimum Gasteiger partial charge on any atom is -0.306 e. The van der Waals surface area contributed by atoms with E-state index in [1.54, 1.807) is 17.6 Å². The van der Waals surface area contributed by atoms with E-state index >= 15 is 0 Å². The molecule has 7 heteroatoms. The molecule has 0 saturated heterocycles. The van der Waals surface area contributed by atoms with Crippen LogP contribution in [0.1, 0.15) is 5.69 Å². The molecule has 0 saturated carbocycles. The van der Waals surface area contributed by atoms with Gasteiger partial charge in [0.25, 0.3) is 0 Å². The SMILES string of the molecule is Cc1ccc(NC(=O)Nc2csc(Br)n2)cn1. The first kappa shape index (κ1) is 12.0. The first-order chi connectivity index (χ1) is 8.13. The summed E-state index contributed by atoms with van der Waals surface area (Å²) in [5.74, 6) is 0.513. The number of pyridine rings is 1. The van der Waals surface area contributed by atoms with Crippen molar-refractivity contribution in [2.45, 2.75) is 6.92 Å². The van der Waals surface area contributed by atoms with E-state index in [0.717, 1.165) is 9.61 Å². The van der Waals surface area contributed by atoms with Crippen LogP contribution in [-0.2, 0) is 0 Å². The van der Waals surface area contributed by atoms with Crippen molar-refractivity contribution in [3.8, 4) is 0 Å². The zero-order chi connectivity index (χ0) is 12.3. The fourth-order valence-electron chi connectivity index (χ4n) is 1.13. The van der Waals surface area contributed by atoms with E-state index in [1.807, 2.05) is 13.0 Å². The van der Waals surface area contributed by atoms with Crippen molar-refractivity contribution < 1.29 is 4.79 Å². The van der Waals surface area contributed by atoms with E-state index in [0.29, 0.717) is 11.5 Å². The van der Waals surface area contributed by atoms with Crippen molar-refractivity contribution in [1.82, 2.24) is 9.97 Å². The van der Waals surface area contributed by atoms with Crippen molar-refractivity contribution in [2.75, 3.05) is 10.6 Å². The normalized spacial score (nSPS) is 10.0. The number of urea groups is 1. The number of thiazole rings is 1. The maximum Gasteiger partial charge on any atom is 0.324 e. The van der Waals surface area contributed by atoms with Crippen LogP contribution in [0.4, 0.5) is 16.3 Å². The summed E-state index contributed by atoms with van der Waals surface area (Å²) >= 11 is 4.63. The fraction of sp³-hybridized carbons (Fsp3) is 0.100. The molecular weight excluding hydrogens is 304 g/mol. The van der Waals surface area contributed by atoms with Gasteiger partial charge in [-0.15, -0.1) is 11.3 Å². The average molecular weight is 313 g/mol. The van der Waals surface area contributed by atoms with E-state index in [9.17, 15) is 4.79 Å². The molecule has 0 fully saturated rings. The average Bonchev–Trinajstić information content (AvgIpc) is 2.67. The van der Waals surface area contributed by atoms with Gasteiger partial charge in [0.15, 0.2) is 3.92 Å². The highest BCUT2D eigenvalue weighted by Gasteiger charge is 2.05. The standard InChI is InChI=1S/C10H9BrN4OS/c1-6-2-3-7(4-12-6)13-10(16)15-8-5-17-9(11)14-8/h2-5H,1H3,(H2,13,15,16). The van der Waals surface area contributed by atoms with Crippen LogP contribution in [0.3, 0.4) is 0 Å². The number of carbonyl (C=O) groups excluding carboxylic acids is 1. The van der Waals surface area contributed by atoms with Gasteiger partial charge >= 0.3 is 6.03 Å². The number of anilines is 2. The van der Waals surface area contributed by atoms with Gasteiger partial charge < -0.3 is 5.32 Å². The quantitative estimate of drug-likeness (QED) is 0.894. The molecule has 2 aromatic heterocycles. The van der Waals surface area contributed by atoms with Crippen LogP contribution in [0.5, 0.6) is 0 Å². The molecule has 0 radical (unpaired) electrons. The van der Waals surface area contributed by atoms with Crippen molar-refractivity contribution >= 4 is 44.8 Å². The minimum atomic E-state index is -0.339. The summed E-state index contributed by atoms with van der Waals surface area (Å²) in [4.78, 5) is 19.7. The maximum absolute atomic E-state index is 11.6. The van der Waals surface area contributed by atoms with Crippen molar-refractivity contribution in [1.29, 1.82) is 0 Å². The number of nitrogens with zero attached hydrogens (tertiary/aromatic N) is 2. The number of amides is 2. The first-order valence-electron chi connectivity index (χ1n) is 4.75. The summed E-state index contributed by atoms with van der Waals surface area (Å²) in [5, 5.41) is 7.03. The molecule has 17 heavy (non-hydrogen) atoms. The summed E-state index contributed by atoms with van der Waals surface area (Å²) in [6, 6.07) is 3.28. The first-order valence-corrected chi connectivity index (χ1v) is 6.42. The molecule has 0 spiro atoms. The number of carbonyl (C=O) groups is 1. The molecule has 0 aromatic carbocycles. The number of halogens is 1. The van der Waals surface area contributed by atoms with Crippen LogP contribution in [-0.4, -0.2) is 16.0 Å². The monoisotopic (exact) mass is 312 g/mol. The Labute approximate surface area is 110 Å². The second-order valence-electron chi connectivity index (χ2n) is 3.25. The van der Waals surface area contributed by atoms with Gasteiger partial charge in [0.1, 0.15) is 5.82 Å². The summed E-state index contributed by atoms with van der Waals surface area (Å²) in [5.41, 5.74) is 1.54. The van der Waals surface area contributed by atoms with Crippen LogP contribution in [0.15, 0.2) is 27.6 Å². The Morgan fingerprint density at radius 3 is 2.82 bits per heavy atom. The van der Waals surface area contributed by atoms with Gasteiger partial charge in [0, 0.05) is 11.1 Å². The van der Waals surface area contributed by atoms with E-state index in [4.69, 9.17) is 0 Å². The van der Waals surface area contributed by atoms with E-state index in [-0.39, 0.29) is 6.03 Å². The number of hydrogen-bond acceptors (Lipinski definition) is 4. The zero-order valence-electron chi connectivity index (χ0n) is 8.90. The number of rotatable bonds is 2.